The van der Waals surface area contributed by atoms with Gasteiger partial charge in [0, 0.05) is 38.8 Å². The van der Waals surface area contributed by atoms with E-state index in [4.69, 9.17) is 14.3 Å². The lowest BCUT2D eigenvalue weighted by Gasteiger charge is -2.10. The van der Waals surface area contributed by atoms with Crippen LogP contribution < -0.4 is 5.63 Å². The second-order valence-electron chi connectivity index (χ2n) is 13.4. The average Bonchev–Trinajstić information content (AvgIpc) is 4.06. The Kier molecular flexibility index (Phi) is 27.8. The highest BCUT2D eigenvalue weighted by atomic mass is 16.5. The zero-order chi connectivity index (χ0) is 54.5. The summed E-state index contributed by atoms with van der Waals surface area (Å²) in [7, 11) is 0. The van der Waals surface area contributed by atoms with E-state index in [2.05, 4.69) is 0 Å². The first-order valence-corrected chi connectivity index (χ1v) is 24.2. The molecule has 0 saturated heterocycles. The third-order valence-corrected chi connectivity index (χ3v) is 9.88. The molecule has 72 heavy (non-hydrogen) atoms. The summed E-state index contributed by atoms with van der Waals surface area (Å²) in [6, 6.07) is 40.4. The Morgan fingerprint density at radius 3 is 1.40 bits per heavy atom. The largest absolute Gasteiger partial charge is 0.478 e. The zero-order valence-corrected chi connectivity index (χ0v) is 43.2. The molecule has 0 unspecified atom stereocenters. The van der Waals surface area contributed by atoms with Crippen LogP contribution in [0.25, 0.3) is 22.1 Å². The Bertz CT molecular complexity index is 2940. The number of Topliss-reactive ketones (excluding diaryl/α,β-unsaturated/α-hetero) is 2. The van der Waals surface area contributed by atoms with Gasteiger partial charge in [0.25, 0.3) is 0 Å². The van der Waals surface area contributed by atoms with Gasteiger partial charge in [0.05, 0.1) is 27.6 Å². The van der Waals surface area contributed by atoms with Crippen LogP contribution in [0, 0.1) is 0 Å². The van der Waals surface area contributed by atoms with Crippen molar-refractivity contribution in [3.63, 3.8) is 0 Å². The molecular weight excluding hydrogens is 913 g/mol. The molecule has 378 valence electrons. The van der Waals surface area contributed by atoms with Crippen molar-refractivity contribution in [1.29, 1.82) is 0 Å². The molecule has 0 spiro atoms. The molecule has 1 aliphatic heterocycles. The SMILES string of the molecule is CC.CC.CC.CC.CC.CC.O=C(O)c1ccccc1C1C(=O)c2ccccc2C1=O.O=C1OCc2ccccc21.O=C1c2ccccc2-c2oc(=O)c3ccccc3c21.O=Cc1ccccc1C(=O)O. The fourth-order valence-corrected chi connectivity index (χ4v) is 7.06. The Morgan fingerprint density at radius 1 is 0.486 bits per heavy atom. The fourth-order valence-electron chi connectivity index (χ4n) is 7.06. The first kappa shape index (κ1) is 61.6. The molecule has 0 saturated carbocycles. The van der Waals surface area contributed by atoms with E-state index in [1.54, 1.807) is 84.9 Å². The van der Waals surface area contributed by atoms with Crippen LogP contribution in [-0.4, -0.2) is 51.8 Å². The molecule has 0 fully saturated rings. The molecule has 2 aliphatic carbocycles. The van der Waals surface area contributed by atoms with E-state index in [0.717, 1.165) is 5.56 Å². The fraction of sp³-hybridized carbons (Fsp3) is 0.233. The lowest BCUT2D eigenvalue weighted by atomic mass is 9.90. The van der Waals surface area contributed by atoms with Crippen molar-refractivity contribution in [3.05, 3.63) is 212 Å². The smallest absolute Gasteiger partial charge is 0.344 e. The Hall–Kier alpha value is -8.38. The van der Waals surface area contributed by atoms with Gasteiger partial charge in [0.1, 0.15) is 12.5 Å². The van der Waals surface area contributed by atoms with Gasteiger partial charge in [-0.1, -0.05) is 204 Å². The van der Waals surface area contributed by atoms with Crippen molar-refractivity contribution in [2.75, 3.05) is 0 Å². The molecule has 2 heterocycles. The third-order valence-electron chi connectivity index (χ3n) is 9.88. The van der Waals surface area contributed by atoms with Gasteiger partial charge in [-0.3, -0.25) is 19.2 Å². The number of carboxylic acid groups (broad SMARTS) is 2. The summed E-state index contributed by atoms with van der Waals surface area (Å²) in [5.74, 6) is -3.81. The predicted molar refractivity (Wildman–Crippen MR) is 285 cm³/mol. The van der Waals surface area contributed by atoms with Gasteiger partial charge in [-0.05, 0) is 29.8 Å². The number of cyclic esters (lactones) is 1. The van der Waals surface area contributed by atoms with Crippen molar-refractivity contribution in [2.45, 2.75) is 95.6 Å². The van der Waals surface area contributed by atoms with Gasteiger partial charge in [0.15, 0.2) is 29.4 Å². The minimum atomic E-state index is -1.14. The van der Waals surface area contributed by atoms with Gasteiger partial charge in [-0.15, -0.1) is 0 Å². The van der Waals surface area contributed by atoms with Crippen LogP contribution in [0.4, 0.5) is 0 Å². The van der Waals surface area contributed by atoms with E-state index in [0.29, 0.717) is 62.8 Å². The highest BCUT2D eigenvalue weighted by Crippen LogP contribution is 2.39. The van der Waals surface area contributed by atoms with E-state index in [1.165, 1.54) is 24.3 Å². The van der Waals surface area contributed by atoms with Crippen molar-refractivity contribution >= 4 is 52.3 Å². The first-order valence-electron chi connectivity index (χ1n) is 24.2. The van der Waals surface area contributed by atoms with Crippen LogP contribution in [0.3, 0.4) is 0 Å². The number of benzene rings is 6. The van der Waals surface area contributed by atoms with E-state index in [-0.39, 0.29) is 45.6 Å². The number of carbonyl (C=O) groups is 7. The number of esters is 1. The predicted octanol–water partition coefficient (Wildman–Crippen LogP) is 14.3. The highest BCUT2D eigenvalue weighted by Gasteiger charge is 2.41. The van der Waals surface area contributed by atoms with Crippen LogP contribution >= 0.6 is 0 Å². The summed E-state index contributed by atoms with van der Waals surface area (Å²) in [5.41, 5.74) is 4.32. The number of ketones is 3. The average molecular weight is 979 g/mol. The molecule has 2 N–H and O–H groups in total. The standard InChI is InChI=1S/C16H10O4.C16H8O3.C8H6O3.C8H6O2.6C2H6/c17-14-10-6-2-3-7-11(10)15(18)13(14)9-5-1-4-8-12(9)16(19)20;17-14-10-6-2-3-7-11(10)15-13(14)9-5-1-4-8-12(9)16(18)19-15;9-5-6-3-1-2-4-7(6)8(10)11;9-8-7-4-2-1-3-6(7)5-10-8;6*1-2/h1-8,13H,(H,19,20);1-8H;1-5H,(H,10,11);1-4H,5H2;6*1-2H3. The van der Waals surface area contributed by atoms with E-state index in [1.807, 2.05) is 119 Å². The number of fused-ring (bicyclic) bond motifs is 7. The summed E-state index contributed by atoms with van der Waals surface area (Å²) >= 11 is 0. The van der Waals surface area contributed by atoms with Crippen LogP contribution in [-0.2, 0) is 11.3 Å². The van der Waals surface area contributed by atoms with Gasteiger partial charge in [-0.2, -0.15) is 0 Å². The van der Waals surface area contributed by atoms with Crippen LogP contribution in [0.1, 0.15) is 178 Å². The minimum absolute atomic E-state index is 0.00740. The number of aldehydes is 1. The summed E-state index contributed by atoms with van der Waals surface area (Å²) < 4.78 is 10.1. The Balaban J connectivity index is 0.000000461. The molecule has 0 bridgehead atoms. The van der Waals surface area contributed by atoms with Crippen molar-refractivity contribution in [1.82, 2.24) is 0 Å². The topological polar surface area (TPSA) is 199 Å². The van der Waals surface area contributed by atoms with Crippen LogP contribution in [0.15, 0.2) is 155 Å². The molecule has 12 nitrogen and oxygen atoms in total. The number of hydrogen-bond donors (Lipinski definition) is 2. The monoisotopic (exact) mass is 978 g/mol. The van der Waals surface area contributed by atoms with Crippen molar-refractivity contribution in [3.8, 4) is 11.3 Å². The second-order valence-corrected chi connectivity index (χ2v) is 13.4. The maximum atomic E-state index is 12.5. The first-order chi connectivity index (χ1) is 35.0. The molecular formula is C60H66O12. The number of aromatic carboxylic acids is 2. The van der Waals surface area contributed by atoms with E-state index in [9.17, 15) is 43.5 Å². The van der Waals surface area contributed by atoms with Gasteiger partial charge in [0.2, 0.25) is 0 Å². The van der Waals surface area contributed by atoms with E-state index < -0.39 is 23.5 Å². The second kappa shape index (κ2) is 32.4. The maximum Gasteiger partial charge on any atom is 0.344 e. The summed E-state index contributed by atoms with van der Waals surface area (Å²) in [5, 5.41) is 18.8. The molecule has 3 aliphatic rings. The molecule has 7 aromatic rings. The molecule has 6 aromatic carbocycles. The third kappa shape index (κ3) is 14.6. The lowest BCUT2D eigenvalue weighted by molar-refractivity contribution is 0.0533. The summed E-state index contributed by atoms with van der Waals surface area (Å²) in [6.07, 6.45) is 0.531. The summed E-state index contributed by atoms with van der Waals surface area (Å²) in [6.45, 7) is 24.4. The van der Waals surface area contributed by atoms with Gasteiger partial charge in [-0.25, -0.2) is 19.2 Å². The molecule has 10 rings (SSSR count). The van der Waals surface area contributed by atoms with E-state index >= 15 is 0 Å². The minimum Gasteiger partial charge on any atom is -0.478 e. The molecule has 0 radical (unpaired) electrons. The Labute approximate surface area is 422 Å². The van der Waals surface area contributed by atoms with Crippen molar-refractivity contribution in [2.24, 2.45) is 0 Å². The lowest BCUT2D eigenvalue weighted by Crippen LogP contribution is -2.16. The maximum absolute atomic E-state index is 12.5. The zero-order valence-electron chi connectivity index (χ0n) is 43.2. The number of ether oxygens (including phenoxy) is 1. The molecule has 0 atom stereocenters. The molecule has 1 aromatic heterocycles. The normalized spacial score (nSPS) is 11.2. The van der Waals surface area contributed by atoms with Crippen LogP contribution in [0.5, 0.6) is 0 Å². The molecule has 0 amide bonds. The molecule has 12 heteroatoms. The highest BCUT2D eigenvalue weighted by molar-refractivity contribution is 6.30. The number of rotatable bonds is 4. The quantitative estimate of drug-likeness (QED) is 0.0962. The van der Waals surface area contributed by atoms with Crippen molar-refractivity contribution < 1.29 is 52.9 Å². The van der Waals surface area contributed by atoms with Gasteiger partial charge < -0.3 is 19.4 Å². The number of carboxylic acids is 2. The summed E-state index contributed by atoms with van der Waals surface area (Å²) in [4.78, 5) is 91.9. The van der Waals surface area contributed by atoms with Crippen LogP contribution in [0.2, 0.25) is 0 Å². The van der Waals surface area contributed by atoms with Gasteiger partial charge >= 0.3 is 23.5 Å². The Morgan fingerprint density at radius 2 is 0.903 bits per heavy atom. The number of carbonyl (C=O) groups excluding carboxylic acids is 5. The number of hydrogen-bond acceptors (Lipinski definition) is 10.